The molecule has 3 aromatic carbocycles. The van der Waals surface area contributed by atoms with E-state index in [-0.39, 0.29) is 12.4 Å². The minimum atomic E-state index is 0. The maximum Gasteiger partial charge on any atom is 0.162 e. The van der Waals surface area contributed by atoms with Crippen molar-refractivity contribution in [2.45, 2.75) is 6.42 Å². The summed E-state index contributed by atoms with van der Waals surface area (Å²) in [6.07, 6.45) is 2.50. The highest BCUT2D eigenvalue weighted by Gasteiger charge is 2.13. The molecule has 4 aromatic rings. The Bertz CT molecular complexity index is 1270. The normalized spacial score (nSPS) is 13.7. The lowest BCUT2D eigenvalue weighted by Gasteiger charge is -2.26. The Balaban J connectivity index is 0.00000304. The van der Waals surface area contributed by atoms with E-state index in [0.29, 0.717) is 18.1 Å². The number of nitrogens with one attached hydrogen (secondary N) is 1. The maximum absolute atomic E-state index is 6.14. The Kier molecular flexibility index (Phi) is 8.95. The van der Waals surface area contributed by atoms with Gasteiger partial charge in [-0.25, -0.2) is 9.97 Å². The second kappa shape index (κ2) is 12.5. The standard InChI is InChI=1S/C28H30N4O3.ClH/c1-33-26-19-25-24(18-27(26)35-14-6-11-32-12-15-34-16-13-32)28(30-20-29-25)31-23-10-5-9-22(17-23)21-7-3-2-4-8-21;/h2-5,7-10,17-20H,6,11-16H2,1H3,(H,29,30,31);1H. The van der Waals surface area contributed by atoms with Crippen LogP contribution in [0.1, 0.15) is 6.42 Å². The van der Waals surface area contributed by atoms with Gasteiger partial charge in [0.2, 0.25) is 0 Å². The smallest absolute Gasteiger partial charge is 0.162 e. The average Bonchev–Trinajstić information content (AvgIpc) is 2.92. The van der Waals surface area contributed by atoms with Crippen LogP contribution >= 0.6 is 12.4 Å². The van der Waals surface area contributed by atoms with Crippen molar-refractivity contribution < 1.29 is 14.2 Å². The molecule has 188 valence electrons. The number of morpholine rings is 1. The maximum atomic E-state index is 6.14. The van der Waals surface area contributed by atoms with Gasteiger partial charge in [-0.1, -0.05) is 42.5 Å². The van der Waals surface area contributed by atoms with Crippen LogP contribution in [-0.2, 0) is 4.74 Å². The number of rotatable bonds is 9. The molecular weight excluding hydrogens is 476 g/mol. The number of hydrogen-bond acceptors (Lipinski definition) is 7. The van der Waals surface area contributed by atoms with Crippen molar-refractivity contribution in [3.63, 3.8) is 0 Å². The fraction of sp³-hybridized carbons (Fsp3) is 0.286. The summed E-state index contributed by atoms with van der Waals surface area (Å²) < 4.78 is 17.2. The van der Waals surface area contributed by atoms with Crippen LogP contribution in [0.3, 0.4) is 0 Å². The second-order valence-electron chi connectivity index (χ2n) is 8.47. The SMILES string of the molecule is COc1cc2ncnc(Nc3cccc(-c4ccccc4)c3)c2cc1OCCCN1CCOCC1.Cl. The lowest BCUT2D eigenvalue weighted by atomic mass is 10.1. The van der Waals surface area contributed by atoms with Gasteiger partial charge in [0.15, 0.2) is 11.5 Å². The fourth-order valence-electron chi connectivity index (χ4n) is 4.27. The molecule has 5 rings (SSSR count). The first kappa shape index (κ1) is 25.7. The molecule has 0 amide bonds. The van der Waals surface area contributed by atoms with E-state index in [1.807, 2.05) is 42.5 Å². The number of ether oxygens (including phenoxy) is 3. The van der Waals surface area contributed by atoms with Crippen LogP contribution in [0.25, 0.3) is 22.0 Å². The lowest BCUT2D eigenvalue weighted by Crippen LogP contribution is -2.37. The van der Waals surface area contributed by atoms with Crippen LogP contribution in [0.15, 0.2) is 73.1 Å². The van der Waals surface area contributed by atoms with Crippen LogP contribution in [-0.4, -0.2) is 61.4 Å². The van der Waals surface area contributed by atoms with Gasteiger partial charge >= 0.3 is 0 Å². The minimum absolute atomic E-state index is 0. The number of anilines is 2. The number of halogens is 1. The number of aromatic nitrogens is 2. The molecule has 1 aliphatic heterocycles. The molecule has 7 nitrogen and oxygen atoms in total. The molecule has 0 aliphatic carbocycles. The zero-order chi connectivity index (χ0) is 23.9. The third-order valence-corrected chi connectivity index (χ3v) is 6.13. The summed E-state index contributed by atoms with van der Waals surface area (Å²) in [7, 11) is 1.65. The van der Waals surface area contributed by atoms with Crippen molar-refractivity contribution in [1.29, 1.82) is 0 Å². The van der Waals surface area contributed by atoms with Gasteiger partial charge in [-0.2, -0.15) is 0 Å². The van der Waals surface area contributed by atoms with Gasteiger partial charge in [0.25, 0.3) is 0 Å². The molecular formula is C28H31ClN4O3. The Hall–Kier alpha value is -3.39. The van der Waals surface area contributed by atoms with Gasteiger partial charge in [-0.3, -0.25) is 4.90 Å². The van der Waals surface area contributed by atoms with Crippen LogP contribution in [0, 0.1) is 0 Å². The monoisotopic (exact) mass is 506 g/mol. The van der Waals surface area contributed by atoms with E-state index in [2.05, 4.69) is 44.5 Å². The van der Waals surface area contributed by atoms with Crippen molar-refractivity contribution >= 4 is 34.8 Å². The third kappa shape index (κ3) is 6.23. The molecule has 2 heterocycles. The fourth-order valence-corrected chi connectivity index (χ4v) is 4.27. The zero-order valence-electron chi connectivity index (χ0n) is 20.4. The molecule has 0 saturated carbocycles. The Morgan fingerprint density at radius 1 is 0.917 bits per heavy atom. The molecule has 0 spiro atoms. The summed E-state index contributed by atoms with van der Waals surface area (Å²) in [5.74, 6) is 2.08. The molecule has 1 saturated heterocycles. The van der Waals surface area contributed by atoms with Crippen molar-refractivity contribution in [2.24, 2.45) is 0 Å². The number of fused-ring (bicyclic) bond motifs is 1. The largest absolute Gasteiger partial charge is 0.493 e. The Morgan fingerprint density at radius 2 is 1.72 bits per heavy atom. The third-order valence-electron chi connectivity index (χ3n) is 6.13. The van der Waals surface area contributed by atoms with Crippen molar-refractivity contribution in [1.82, 2.24) is 14.9 Å². The molecule has 1 N–H and O–H groups in total. The molecule has 1 fully saturated rings. The number of benzene rings is 3. The van der Waals surface area contributed by atoms with Gasteiger partial charge in [-0.15, -0.1) is 12.4 Å². The minimum Gasteiger partial charge on any atom is -0.493 e. The van der Waals surface area contributed by atoms with E-state index < -0.39 is 0 Å². The summed E-state index contributed by atoms with van der Waals surface area (Å²) in [6.45, 7) is 5.18. The molecule has 8 heteroatoms. The van der Waals surface area contributed by atoms with E-state index in [1.165, 1.54) is 5.56 Å². The quantitative estimate of drug-likeness (QED) is 0.297. The predicted molar refractivity (Wildman–Crippen MR) is 146 cm³/mol. The van der Waals surface area contributed by atoms with Gasteiger partial charge in [0.05, 0.1) is 32.4 Å². The van der Waals surface area contributed by atoms with E-state index >= 15 is 0 Å². The highest BCUT2D eigenvalue weighted by molar-refractivity contribution is 5.93. The molecule has 0 bridgehead atoms. The molecule has 0 unspecified atom stereocenters. The van der Waals surface area contributed by atoms with Gasteiger partial charge in [-0.05, 0) is 35.7 Å². The topological polar surface area (TPSA) is 68.7 Å². The highest BCUT2D eigenvalue weighted by Crippen LogP contribution is 2.35. The van der Waals surface area contributed by atoms with E-state index in [0.717, 1.165) is 67.2 Å². The molecule has 1 aromatic heterocycles. The van der Waals surface area contributed by atoms with E-state index in [1.54, 1.807) is 13.4 Å². The van der Waals surface area contributed by atoms with Gasteiger partial charge in [0.1, 0.15) is 12.1 Å². The summed E-state index contributed by atoms with van der Waals surface area (Å²) in [5, 5.41) is 4.34. The zero-order valence-corrected chi connectivity index (χ0v) is 21.2. The summed E-state index contributed by atoms with van der Waals surface area (Å²) in [5.41, 5.74) is 4.05. The average molecular weight is 507 g/mol. The lowest BCUT2D eigenvalue weighted by molar-refractivity contribution is 0.0357. The van der Waals surface area contributed by atoms with Crippen LogP contribution in [0.4, 0.5) is 11.5 Å². The van der Waals surface area contributed by atoms with Crippen LogP contribution < -0.4 is 14.8 Å². The second-order valence-corrected chi connectivity index (χ2v) is 8.47. The first-order chi connectivity index (χ1) is 17.3. The van der Waals surface area contributed by atoms with Crippen molar-refractivity contribution in [3.8, 4) is 22.6 Å². The number of methoxy groups -OCH3 is 1. The predicted octanol–water partition coefficient (Wildman–Crippen LogP) is 5.57. The molecule has 1 aliphatic rings. The number of hydrogen-bond donors (Lipinski definition) is 1. The summed E-state index contributed by atoms with van der Waals surface area (Å²) >= 11 is 0. The summed E-state index contributed by atoms with van der Waals surface area (Å²) in [6, 6.07) is 22.5. The van der Waals surface area contributed by atoms with E-state index in [4.69, 9.17) is 14.2 Å². The summed E-state index contributed by atoms with van der Waals surface area (Å²) in [4.78, 5) is 11.4. The molecule has 36 heavy (non-hydrogen) atoms. The molecule has 0 atom stereocenters. The first-order valence-electron chi connectivity index (χ1n) is 12.0. The Morgan fingerprint density at radius 3 is 2.53 bits per heavy atom. The van der Waals surface area contributed by atoms with Gasteiger partial charge < -0.3 is 19.5 Å². The Labute approximate surface area is 217 Å². The van der Waals surface area contributed by atoms with Crippen LogP contribution in [0.2, 0.25) is 0 Å². The van der Waals surface area contributed by atoms with Crippen LogP contribution in [0.5, 0.6) is 11.5 Å². The van der Waals surface area contributed by atoms with Crippen molar-refractivity contribution in [2.75, 3.05) is 51.9 Å². The van der Waals surface area contributed by atoms with E-state index in [9.17, 15) is 0 Å². The van der Waals surface area contributed by atoms with Crippen molar-refractivity contribution in [3.05, 3.63) is 73.1 Å². The molecule has 0 radical (unpaired) electrons. The first-order valence-corrected chi connectivity index (χ1v) is 12.0. The highest BCUT2D eigenvalue weighted by atomic mass is 35.5. The van der Waals surface area contributed by atoms with Gasteiger partial charge in [0, 0.05) is 36.8 Å². The number of nitrogens with zero attached hydrogens (tertiary/aromatic N) is 3.